The number of carbonyl (C=O) groups excluding carboxylic acids is 4. The Kier molecular flexibility index (Phi) is 12.0. The smallest absolute Gasteiger partial charge is 0.297 e. The number of Topliss-reactive ketones (excluding diaryl/α,β-unsaturated/α-hetero) is 2. The van der Waals surface area contributed by atoms with Gasteiger partial charge in [-0.05, 0) is 101 Å². The van der Waals surface area contributed by atoms with Crippen molar-refractivity contribution in [3.05, 3.63) is 102 Å². The number of aromatic nitrogens is 2. The molecule has 13 heteroatoms. The van der Waals surface area contributed by atoms with Gasteiger partial charge >= 0.3 is 0 Å². The first-order valence-corrected chi connectivity index (χ1v) is 23.4. The van der Waals surface area contributed by atoms with E-state index in [9.17, 15) is 27.6 Å². The maximum absolute atomic E-state index is 14.8. The zero-order valence-corrected chi connectivity index (χ0v) is 36.2. The van der Waals surface area contributed by atoms with Crippen molar-refractivity contribution in [3.8, 4) is 6.01 Å². The van der Waals surface area contributed by atoms with E-state index in [2.05, 4.69) is 10.0 Å². The first-order valence-electron chi connectivity index (χ1n) is 21.9. The number of fused-ring (bicyclic) bond motifs is 3. The predicted octanol–water partition coefficient (Wildman–Crippen LogP) is 7.75. The van der Waals surface area contributed by atoms with Gasteiger partial charge < -0.3 is 15.0 Å². The molecule has 12 nitrogen and oxygen atoms in total. The Hall–Kier alpha value is -5.30. The summed E-state index contributed by atoms with van der Waals surface area (Å²) in [5.41, 5.74) is 2.41. The highest BCUT2D eigenvalue weighted by atomic mass is 32.2. The van der Waals surface area contributed by atoms with Gasteiger partial charge in [-0.1, -0.05) is 79.6 Å². The number of ether oxygens (including phenoxy) is 1. The number of nitrogens with one attached hydrogen (secondary N) is 2. The summed E-state index contributed by atoms with van der Waals surface area (Å²) in [7, 11) is -3.94. The highest BCUT2D eigenvalue weighted by Gasteiger charge is 2.62. The first-order chi connectivity index (χ1) is 29.3. The zero-order chi connectivity index (χ0) is 42.9. The minimum Gasteiger partial charge on any atom is -0.459 e. The highest BCUT2D eigenvalue weighted by molar-refractivity contribution is 7.91. The second-order valence-corrected chi connectivity index (χ2v) is 20.2. The van der Waals surface area contributed by atoms with Crippen LogP contribution >= 0.6 is 0 Å². The molecule has 3 fully saturated rings. The maximum Gasteiger partial charge on any atom is 0.297 e. The van der Waals surface area contributed by atoms with E-state index in [4.69, 9.17) is 9.72 Å². The Labute approximate surface area is 358 Å². The number of hydrogen-bond acceptors (Lipinski definition) is 9. The Bertz CT molecular complexity index is 2430. The van der Waals surface area contributed by atoms with Gasteiger partial charge in [-0.3, -0.25) is 28.5 Å². The lowest BCUT2D eigenvalue weighted by molar-refractivity contribution is -0.139. The number of hydrogen-bond donors (Lipinski definition) is 2. The van der Waals surface area contributed by atoms with Crippen molar-refractivity contribution in [2.75, 3.05) is 11.9 Å². The van der Waals surface area contributed by atoms with Crippen molar-refractivity contribution in [1.29, 1.82) is 0 Å². The van der Waals surface area contributed by atoms with E-state index in [-0.39, 0.29) is 48.8 Å². The van der Waals surface area contributed by atoms with E-state index >= 15 is 0 Å². The summed E-state index contributed by atoms with van der Waals surface area (Å²) in [6.07, 6.45) is 9.40. The number of sulfonamides is 1. The lowest BCUT2D eigenvalue weighted by Gasteiger charge is -2.30. The van der Waals surface area contributed by atoms with Gasteiger partial charge in [0, 0.05) is 36.6 Å². The molecule has 3 aromatic carbocycles. The third-order valence-corrected chi connectivity index (χ3v) is 15.4. The summed E-state index contributed by atoms with van der Waals surface area (Å²) in [4.78, 5) is 63.9. The number of imidazole rings is 1. The van der Waals surface area contributed by atoms with Crippen LogP contribution in [-0.4, -0.2) is 75.7 Å². The highest BCUT2D eigenvalue weighted by Crippen LogP contribution is 2.57. The fraction of sp³-hybridized carbons (Fsp3) is 0.479. The van der Waals surface area contributed by atoms with E-state index in [1.807, 2.05) is 103 Å². The molecule has 61 heavy (non-hydrogen) atoms. The summed E-state index contributed by atoms with van der Waals surface area (Å²) >= 11 is 0. The number of rotatable bonds is 12. The molecule has 0 bridgehead atoms. The van der Waals surface area contributed by atoms with Gasteiger partial charge in [-0.2, -0.15) is 4.98 Å². The second kappa shape index (κ2) is 17.2. The number of ketones is 2. The van der Waals surface area contributed by atoms with Gasteiger partial charge in [0.15, 0.2) is 11.6 Å². The number of aryl methyl sites for hydroxylation is 1. The van der Waals surface area contributed by atoms with E-state index in [1.54, 1.807) is 17.9 Å². The summed E-state index contributed by atoms with van der Waals surface area (Å²) in [5.74, 6) is -1.53. The zero-order valence-electron chi connectivity index (χ0n) is 35.3. The molecular weight excluding hydrogens is 791 g/mol. The Morgan fingerprint density at radius 3 is 2.41 bits per heavy atom. The fourth-order valence-electron chi connectivity index (χ4n) is 9.11. The van der Waals surface area contributed by atoms with Gasteiger partial charge in [0.25, 0.3) is 6.01 Å². The molecule has 4 aromatic rings. The number of nitrogens with zero attached hydrogens (tertiary/aromatic N) is 3. The molecule has 2 aliphatic carbocycles. The van der Waals surface area contributed by atoms with Crippen LogP contribution in [0.5, 0.6) is 6.01 Å². The molecule has 2 aliphatic heterocycles. The monoisotopic (exact) mass is 847 g/mol. The molecule has 0 unspecified atom stereocenters. The van der Waals surface area contributed by atoms with Crippen LogP contribution in [-0.2, 0) is 30.8 Å². The summed E-state index contributed by atoms with van der Waals surface area (Å²) < 4.78 is 36.6. The van der Waals surface area contributed by atoms with Crippen LogP contribution < -0.4 is 14.8 Å². The van der Waals surface area contributed by atoms with Crippen LogP contribution in [0.15, 0.2) is 91.0 Å². The Morgan fingerprint density at radius 1 is 0.951 bits per heavy atom. The summed E-state index contributed by atoms with van der Waals surface area (Å²) in [5, 5.41) is 3.45. The fourth-order valence-corrected chi connectivity index (χ4v) is 10.4. The normalized spacial score (nSPS) is 25.8. The molecule has 0 radical (unpaired) electrons. The van der Waals surface area contributed by atoms with Gasteiger partial charge in [-0.15, -0.1) is 0 Å². The number of para-hydroxylation sites is 2. The third kappa shape index (κ3) is 8.89. The van der Waals surface area contributed by atoms with Gasteiger partial charge in [0.1, 0.15) is 17.7 Å². The average Bonchev–Trinajstić information content (AvgIpc) is 4.07. The minimum atomic E-state index is -3.94. The molecule has 2 amide bonds. The molecule has 2 saturated carbocycles. The molecule has 8 rings (SSSR count). The lowest BCUT2D eigenvalue weighted by atomic mass is 9.91. The van der Waals surface area contributed by atoms with Crippen LogP contribution in [0.1, 0.15) is 113 Å². The lowest BCUT2D eigenvalue weighted by Crippen LogP contribution is -2.49. The molecule has 2 N–H and O–H groups in total. The van der Waals surface area contributed by atoms with Crippen LogP contribution in [0.3, 0.4) is 0 Å². The Balaban J connectivity index is 1.10. The SMILES string of the molecule is CC(C)n1c(O[C@@H]2C[C@H]3C(=O)C[C@]4(C(=O)NS(=O)(=O)C5(C)CC5)C[C@H]4/C=C\CCCCC[C@H](Nc4ccccc4)C(=O)N3C2)nc2c(C(=O)CCc3ccccc3)cccc21. The second-order valence-electron chi connectivity index (χ2n) is 18.0. The van der Waals surface area contributed by atoms with Crippen molar-refractivity contribution >= 4 is 50.1 Å². The maximum atomic E-state index is 14.8. The molecule has 5 atom stereocenters. The van der Waals surface area contributed by atoms with Crippen molar-refractivity contribution in [1.82, 2.24) is 19.2 Å². The molecule has 4 aliphatic rings. The van der Waals surface area contributed by atoms with Crippen LogP contribution in [0.25, 0.3) is 11.0 Å². The molecule has 322 valence electrons. The van der Waals surface area contributed by atoms with Crippen LogP contribution in [0, 0.1) is 11.3 Å². The standard InChI is InChI=1S/C48H57N5O7S/c1-32(2)53-39-23-15-21-37(41(54)25-24-33-16-9-7-10-17-33)43(39)50-46(53)60-36-28-40-42(55)30-48(45(57)51-61(58,59)47(3)26-27-47)29-34(48)18-11-5-4-6-14-22-38(44(56)52(40)31-36)49-35-19-12-8-13-20-35/h7-13,15-21,23,32,34,36,38,40,49H,4-6,14,22,24-31H2,1-3H3,(H,51,57)/b18-11-/t34-,36-,38+,40+,48-/m1/s1. The van der Waals surface area contributed by atoms with Crippen molar-refractivity contribution < 1.29 is 32.3 Å². The molecular formula is C48H57N5O7S. The van der Waals surface area contributed by atoms with E-state index in [0.717, 1.165) is 42.5 Å². The molecule has 0 spiro atoms. The predicted molar refractivity (Wildman–Crippen MR) is 235 cm³/mol. The number of benzene rings is 3. The number of carbonyl (C=O) groups is 4. The van der Waals surface area contributed by atoms with Crippen molar-refractivity contribution in [2.45, 2.75) is 127 Å². The van der Waals surface area contributed by atoms with Crippen LogP contribution in [0.2, 0.25) is 0 Å². The number of allylic oxidation sites excluding steroid dienone is 2. The summed E-state index contributed by atoms with van der Waals surface area (Å²) in [6.45, 7) is 5.75. The summed E-state index contributed by atoms with van der Waals surface area (Å²) in [6, 6.07) is 23.6. The molecule has 3 heterocycles. The first kappa shape index (κ1) is 42.4. The minimum absolute atomic E-state index is 0.0282. The van der Waals surface area contributed by atoms with E-state index < -0.39 is 44.3 Å². The van der Waals surface area contributed by atoms with E-state index in [0.29, 0.717) is 55.6 Å². The number of anilines is 1. The average molecular weight is 848 g/mol. The van der Waals surface area contributed by atoms with Crippen LogP contribution in [0.4, 0.5) is 5.69 Å². The number of amides is 2. The van der Waals surface area contributed by atoms with Crippen molar-refractivity contribution in [2.24, 2.45) is 11.3 Å². The van der Waals surface area contributed by atoms with Gasteiger partial charge in [0.2, 0.25) is 21.8 Å². The van der Waals surface area contributed by atoms with Crippen molar-refractivity contribution in [3.63, 3.8) is 0 Å². The third-order valence-electron chi connectivity index (χ3n) is 13.2. The Morgan fingerprint density at radius 2 is 1.69 bits per heavy atom. The molecule has 1 saturated heterocycles. The van der Waals surface area contributed by atoms with Gasteiger partial charge in [0.05, 0.1) is 28.3 Å². The largest absolute Gasteiger partial charge is 0.459 e. The molecule has 1 aromatic heterocycles. The topological polar surface area (TPSA) is 157 Å². The van der Waals surface area contributed by atoms with Gasteiger partial charge in [-0.25, -0.2) is 8.42 Å². The van der Waals surface area contributed by atoms with E-state index in [1.165, 1.54) is 0 Å². The quantitative estimate of drug-likeness (QED) is 0.108.